The van der Waals surface area contributed by atoms with Crippen molar-refractivity contribution in [2.75, 3.05) is 13.1 Å². The fraction of sp³-hybridized carbons (Fsp3) is 0.357. The van der Waals surface area contributed by atoms with Crippen molar-refractivity contribution in [3.8, 4) is 0 Å². The van der Waals surface area contributed by atoms with Crippen LogP contribution in [0.25, 0.3) is 0 Å². The largest absolute Gasteiger partial charge is 0.352 e. The number of alkyl halides is 2. The van der Waals surface area contributed by atoms with E-state index in [1.165, 1.54) is 12.1 Å². The maximum absolute atomic E-state index is 14.2. The van der Waals surface area contributed by atoms with Crippen molar-refractivity contribution in [1.29, 1.82) is 0 Å². The normalized spacial score (nSPS) is 24.4. The Balaban J connectivity index is 1.85. The summed E-state index contributed by atoms with van der Waals surface area (Å²) in [6, 6.07) is 4.12. The Morgan fingerprint density at radius 3 is 2.23 bits per heavy atom. The van der Waals surface area contributed by atoms with Crippen molar-refractivity contribution in [3.05, 3.63) is 35.6 Å². The number of amides is 3. The molecule has 0 aliphatic carbocycles. The molecule has 1 aromatic carbocycles. The molecule has 3 amide bonds. The van der Waals surface area contributed by atoms with Crippen LogP contribution >= 0.6 is 0 Å². The van der Waals surface area contributed by atoms with Gasteiger partial charge in [0.1, 0.15) is 5.82 Å². The van der Waals surface area contributed by atoms with E-state index in [1.807, 2.05) is 0 Å². The lowest BCUT2D eigenvalue weighted by atomic mass is 10.00. The van der Waals surface area contributed by atoms with E-state index in [9.17, 15) is 27.6 Å². The van der Waals surface area contributed by atoms with Crippen LogP contribution in [0.1, 0.15) is 5.56 Å². The van der Waals surface area contributed by atoms with Gasteiger partial charge in [-0.25, -0.2) is 4.39 Å². The van der Waals surface area contributed by atoms with Crippen LogP contribution in [0.15, 0.2) is 24.3 Å². The molecule has 0 aromatic heterocycles. The number of nitrogens with one attached hydrogen (secondary N) is 1. The van der Waals surface area contributed by atoms with Crippen LogP contribution in [-0.4, -0.2) is 35.7 Å². The highest BCUT2D eigenvalue weighted by Crippen LogP contribution is 2.36. The van der Waals surface area contributed by atoms with E-state index >= 15 is 0 Å². The molecule has 0 unspecified atom stereocenters. The minimum absolute atomic E-state index is 0.273. The van der Waals surface area contributed by atoms with Crippen LogP contribution in [0.5, 0.6) is 0 Å². The van der Waals surface area contributed by atoms with E-state index in [4.69, 9.17) is 0 Å². The summed E-state index contributed by atoms with van der Waals surface area (Å²) in [6.45, 7) is -0.545. The summed E-state index contributed by atoms with van der Waals surface area (Å²) >= 11 is 0. The second-order valence-corrected chi connectivity index (χ2v) is 5.33. The molecule has 1 N–H and O–H groups in total. The van der Waals surface area contributed by atoms with Crippen molar-refractivity contribution < 1.29 is 27.6 Å². The molecule has 22 heavy (non-hydrogen) atoms. The molecule has 0 spiro atoms. The van der Waals surface area contributed by atoms with Crippen molar-refractivity contribution in [2.24, 2.45) is 11.8 Å². The summed E-state index contributed by atoms with van der Waals surface area (Å²) in [7, 11) is 0. The first-order valence-corrected chi connectivity index (χ1v) is 6.59. The molecule has 0 radical (unpaired) electrons. The smallest absolute Gasteiger partial charge is 0.336 e. The van der Waals surface area contributed by atoms with Crippen LogP contribution in [0.2, 0.25) is 0 Å². The number of nitrogens with zero attached hydrogens (tertiary/aromatic N) is 1. The van der Waals surface area contributed by atoms with Gasteiger partial charge in [-0.3, -0.25) is 19.7 Å². The minimum atomic E-state index is -4.05. The second-order valence-electron chi connectivity index (χ2n) is 5.33. The fourth-order valence-electron chi connectivity index (χ4n) is 2.84. The number of imide groups is 1. The van der Waals surface area contributed by atoms with Gasteiger partial charge in [0.25, 0.3) is 5.91 Å². The lowest BCUT2D eigenvalue weighted by Crippen LogP contribution is -2.43. The van der Waals surface area contributed by atoms with Crippen LogP contribution in [-0.2, 0) is 20.3 Å². The monoisotopic (exact) mass is 312 g/mol. The first-order valence-electron chi connectivity index (χ1n) is 6.59. The maximum Gasteiger partial charge on any atom is 0.352 e. The first kappa shape index (κ1) is 14.6. The van der Waals surface area contributed by atoms with E-state index in [0.29, 0.717) is 0 Å². The molecule has 3 rings (SSSR count). The van der Waals surface area contributed by atoms with Gasteiger partial charge in [-0.1, -0.05) is 12.1 Å². The molecular weight excluding hydrogens is 301 g/mol. The van der Waals surface area contributed by atoms with Crippen molar-refractivity contribution in [2.45, 2.75) is 5.92 Å². The topological polar surface area (TPSA) is 66.5 Å². The zero-order valence-corrected chi connectivity index (χ0v) is 11.2. The highest BCUT2D eigenvalue weighted by atomic mass is 19.3. The molecule has 2 atom stereocenters. The molecule has 5 nitrogen and oxygen atoms in total. The molecule has 2 heterocycles. The van der Waals surface area contributed by atoms with Crippen LogP contribution in [0.3, 0.4) is 0 Å². The number of likely N-dealkylation sites (tertiary alicyclic amines) is 1. The lowest BCUT2D eigenvalue weighted by molar-refractivity contribution is -0.158. The Labute approximate surface area is 123 Å². The molecule has 116 valence electrons. The average Bonchev–Trinajstić information content (AvgIpc) is 3.01. The van der Waals surface area contributed by atoms with Crippen molar-refractivity contribution in [1.82, 2.24) is 10.2 Å². The summed E-state index contributed by atoms with van der Waals surface area (Å²) in [4.78, 5) is 35.8. The average molecular weight is 312 g/mol. The van der Waals surface area contributed by atoms with Gasteiger partial charge in [0, 0.05) is 13.1 Å². The number of carbonyl (C=O) groups excluding carboxylic acids is 3. The Hall–Kier alpha value is -2.38. The summed E-state index contributed by atoms with van der Waals surface area (Å²) in [5.41, 5.74) is -1.02. The molecule has 8 heteroatoms. The van der Waals surface area contributed by atoms with E-state index in [2.05, 4.69) is 5.32 Å². The molecule has 0 saturated carbocycles. The van der Waals surface area contributed by atoms with E-state index in [-0.39, 0.29) is 13.1 Å². The number of fused-ring (bicyclic) bond motifs is 1. The van der Waals surface area contributed by atoms with Gasteiger partial charge in [-0.2, -0.15) is 8.78 Å². The molecule has 2 aliphatic heterocycles. The number of benzene rings is 1. The number of carbonyl (C=O) groups is 3. The molecule has 0 bridgehead atoms. The van der Waals surface area contributed by atoms with Gasteiger partial charge < -0.3 is 4.90 Å². The van der Waals surface area contributed by atoms with E-state index < -0.39 is 46.9 Å². The number of hydrogen-bond donors (Lipinski definition) is 1. The number of halogens is 3. The van der Waals surface area contributed by atoms with Crippen LogP contribution < -0.4 is 5.32 Å². The quantitative estimate of drug-likeness (QED) is 0.815. The van der Waals surface area contributed by atoms with Crippen LogP contribution in [0, 0.1) is 17.7 Å². The summed E-state index contributed by atoms with van der Waals surface area (Å²) < 4.78 is 42.0. The van der Waals surface area contributed by atoms with Gasteiger partial charge in [0.15, 0.2) is 0 Å². The molecule has 2 fully saturated rings. The highest BCUT2D eigenvalue weighted by Gasteiger charge is 2.54. The van der Waals surface area contributed by atoms with Gasteiger partial charge in [0.05, 0.1) is 17.4 Å². The van der Waals surface area contributed by atoms with Gasteiger partial charge >= 0.3 is 5.92 Å². The highest BCUT2D eigenvalue weighted by molar-refractivity contribution is 6.06. The summed E-state index contributed by atoms with van der Waals surface area (Å²) in [6.07, 6.45) is 0. The van der Waals surface area contributed by atoms with E-state index in [1.54, 1.807) is 0 Å². The Kier molecular flexibility index (Phi) is 3.19. The number of hydrogen-bond acceptors (Lipinski definition) is 3. The molecular formula is C14H11F3N2O3. The standard InChI is InChI=1S/C14H11F3N2O3/c15-10-4-2-1-3-9(10)14(16,17)13(22)19-5-7-8(6-19)12(21)18-11(7)20/h1-4,7-8H,5-6H2,(H,18,20,21)/t7-,8+. The van der Waals surface area contributed by atoms with Crippen molar-refractivity contribution in [3.63, 3.8) is 0 Å². The third-order valence-electron chi connectivity index (χ3n) is 4.01. The summed E-state index contributed by atoms with van der Waals surface area (Å²) in [5, 5.41) is 2.09. The number of rotatable bonds is 2. The third kappa shape index (κ3) is 2.06. The van der Waals surface area contributed by atoms with Gasteiger partial charge in [-0.05, 0) is 12.1 Å². The molecule has 2 aliphatic rings. The first-order chi connectivity index (χ1) is 10.3. The van der Waals surface area contributed by atoms with Gasteiger partial charge in [0.2, 0.25) is 11.8 Å². The SMILES string of the molecule is O=C1NC(=O)[C@@H]2CN(C(=O)C(F)(F)c3ccccc3F)C[C@H]12. The zero-order valence-electron chi connectivity index (χ0n) is 11.2. The van der Waals surface area contributed by atoms with E-state index in [0.717, 1.165) is 17.0 Å². The fourth-order valence-corrected chi connectivity index (χ4v) is 2.84. The third-order valence-corrected chi connectivity index (χ3v) is 4.01. The minimum Gasteiger partial charge on any atom is -0.336 e. The van der Waals surface area contributed by atoms with Gasteiger partial charge in [-0.15, -0.1) is 0 Å². The predicted molar refractivity (Wildman–Crippen MR) is 67.0 cm³/mol. The zero-order chi connectivity index (χ0) is 16.1. The molecule has 1 aromatic rings. The predicted octanol–water partition coefficient (Wildman–Crippen LogP) is 0.648. The van der Waals surface area contributed by atoms with Crippen LogP contribution in [0.4, 0.5) is 13.2 Å². The lowest BCUT2D eigenvalue weighted by Gasteiger charge is -2.24. The molecule has 2 saturated heterocycles. The van der Waals surface area contributed by atoms with Crippen molar-refractivity contribution >= 4 is 17.7 Å². The Bertz CT molecular complexity index is 655. The summed E-state index contributed by atoms with van der Waals surface area (Å²) in [5.74, 6) is -9.61. The Morgan fingerprint density at radius 2 is 1.68 bits per heavy atom. The second kappa shape index (κ2) is 4.82. The Morgan fingerprint density at radius 1 is 1.14 bits per heavy atom. The maximum atomic E-state index is 14.2.